The third-order valence-electron chi connectivity index (χ3n) is 7.33. The van der Waals surface area contributed by atoms with Gasteiger partial charge in [0.2, 0.25) is 0 Å². The number of hydrogen-bond donors (Lipinski definition) is 0. The molecule has 3 rings (SSSR count). The van der Waals surface area contributed by atoms with Crippen molar-refractivity contribution in [3.8, 4) is 28.0 Å². The molecular weight excluding hydrogens is 496 g/mol. The van der Waals surface area contributed by atoms with Gasteiger partial charge in [-0.1, -0.05) is 121 Å². The number of ether oxygens (including phenoxy) is 3. The van der Waals surface area contributed by atoms with E-state index in [0.717, 1.165) is 47.5 Å². The van der Waals surface area contributed by atoms with Crippen molar-refractivity contribution in [3.05, 3.63) is 78.4 Å². The molecule has 0 amide bonds. The minimum absolute atomic E-state index is 0.248. The summed E-state index contributed by atoms with van der Waals surface area (Å²) in [5, 5.41) is 0. The fraction of sp³-hybridized carbons (Fsp3) is 0.472. The van der Waals surface area contributed by atoms with Gasteiger partial charge in [0.25, 0.3) is 0 Å². The predicted octanol–water partition coefficient (Wildman–Crippen LogP) is 9.76. The number of carbonyl (C=O) groups is 1. The molecule has 4 heteroatoms. The fourth-order valence-corrected chi connectivity index (χ4v) is 4.62. The highest BCUT2D eigenvalue weighted by Crippen LogP contribution is 2.34. The maximum Gasteiger partial charge on any atom is 0.338 e. The molecular formula is C36H48O4. The molecule has 0 N–H and O–H groups in total. The molecule has 1 atom stereocenters. The summed E-state index contributed by atoms with van der Waals surface area (Å²) in [7, 11) is 0. The third-order valence-corrected chi connectivity index (χ3v) is 7.33. The molecule has 4 nitrogen and oxygen atoms in total. The minimum atomic E-state index is -0.333. The molecule has 3 aromatic rings. The van der Waals surface area contributed by atoms with Crippen molar-refractivity contribution in [3.63, 3.8) is 0 Å². The molecule has 0 fully saturated rings. The van der Waals surface area contributed by atoms with E-state index in [9.17, 15) is 4.79 Å². The lowest BCUT2D eigenvalue weighted by atomic mass is 9.93. The van der Waals surface area contributed by atoms with E-state index in [0.29, 0.717) is 24.7 Å². The molecule has 0 unspecified atom stereocenters. The molecule has 0 saturated carbocycles. The summed E-state index contributed by atoms with van der Waals surface area (Å²) in [6.45, 7) is 8.65. The molecule has 0 saturated heterocycles. The molecule has 0 aliphatic carbocycles. The Morgan fingerprint density at radius 2 is 1.38 bits per heavy atom. The second-order valence-electron chi connectivity index (χ2n) is 10.7. The van der Waals surface area contributed by atoms with Crippen molar-refractivity contribution < 1.29 is 19.0 Å². The van der Waals surface area contributed by atoms with Gasteiger partial charge in [-0.05, 0) is 58.9 Å². The average molecular weight is 545 g/mol. The topological polar surface area (TPSA) is 44.8 Å². The largest absolute Gasteiger partial charge is 0.494 e. The van der Waals surface area contributed by atoms with Crippen LogP contribution >= 0.6 is 0 Å². The van der Waals surface area contributed by atoms with Crippen LogP contribution in [-0.2, 0) is 9.47 Å². The van der Waals surface area contributed by atoms with Crippen LogP contribution < -0.4 is 4.74 Å². The summed E-state index contributed by atoms with van der Waals surface area (Å²) in [6, 6.07) is 24.2. The Morgan fingerprint density at radius 1 is 0.700 bits per heavy atom. The van der Waals surface area contributed by atoms with Gasteiger partial charge in [-0.25, -0.2) is 4.79 Å². The second kappa shape index (κ2) is 18.3. The Bertz CT molecular complexity index is 1110. The molecule has 216 valence electrons. The van der Waals surface area contributed by atoms with Crippen molar-refractivity contribution in [2.75, 3.05) is 26.4 Å². The maximum absolute atomic E-state index is 12.8. The van der Waals surface area contributed by atoms with Crippen molar-refractivity contribution in [1.82, 2.24) is 0 Å². The zero-order chi connectivity index (χ0) is 28.4. The Kier molecular flexibility index (Phi) is 14.4. The number of benzene rings is 3. The van der Waals surface area contributed by atoms with E-state index < -0.39 is 0 Å². The third kappa shape index (κ3) is 10.8. The Balaban J connectivity index is 1.59. The highest BCUT2D eigenvalue weighted by molar-refractivity contribution is 5.94. The quantitative estimate of drug-likeness (QED) is 0.111. The first-order valence-electron chi connectivity index (χ1n) is 15.3. The minimum Gasteiger partial charge on any atom is -0.494 e. The average Bonchev–Trinajstić information content (AvgIpc) is 3.00. The zero-order valence-corrected chi connectivity index (χ0v) is 24.8. The van der Waals surface area contributed by atoms with Gasteiger partial charge in [-0.3, -0.25) is 0 Å². The van der Waals surface area contributed by atoms with Crippen LogP contribution in [0.15, 0.2) is 72.8 Å². The van der Waals surface area contributed by atoms with Crippen LogP contribution in [0.1, 0.15) is 88.9 Å². The van der Waals surface area contributed by atoms with Crippen LogP contribution in [0.25, 0.3) is 22.3 Å². The van der Waals surface area contributed by atoms with Gasteiger partial charge in [-0.2, -0.15) is 0 Å². The van der Waals surface area contributed by atoms with Crippen LogP contribution in [0.2, 0.25) is 0 Å². The van der Waals surface area contributed by atoms with E-state index in [1.807, 2.05) is 48.5 Å². The number of rotatable bonds is 19. The molecule has 0 aliphatic rings. The first-order chi connectivity index (χ1) is 19.6. The molecule has 0 aromatic heterocycles. The fourth-order valence-electron chi connectivity index (χ4n) is 4.62. The lowest BCUT2D eigenvalue weighted by molar-refractivity contribution is 0.0265. The van der Waals surface area contributed by atoms with E-state index in [-0.39, 0.29) is 12.6 Å². The molecule has 3 aromatic carbocycles. The van der Waals surface area contributed by atoms with E-state index in [1.54, 1.807) is 0 Å². The van der Waals surface area contributed by atoms with E-state index in [4.69, 9.17) is 14.2 Å². The Morgan fingerprint density at radius 3 is 2.08 bits per heavy atom. The molecule has 0 aliphatic heterocycles. The van der Waals surface area contributed by atoms with Crippen LogP contribution in [0.3, 0.4) is 0 Å². The highest BCUT2D eigenvalue weighted by atomic mass is 16.6. The lowest BCUT2D eigenvalue weighted by Gasteiger charge is -2.14. The summed E-state index contributed by atoms with van der Waals surface area (Å²) in [4.78, 5) is 12.8. The van der Waals surface area contributed by atoms with Crippen LogP contribution in [0.5, 0.6) is 5.75 Å². The van der Waals surface area contributed by atoms with E-state index >= 15 is 0 Å². The second-order valence-corrected chi connectivity index (χ2v) is 10.7. The van der Waals surface area contributed by atoms with Gasteiger partial charge in [0.05, 0.1) is 18.8 Å². The van der Waals surface area contributed by atoms with Gasteiger partial charge in [0.1, 0.15) is 12.4 Å². The number of esters is 1. The van der Waals surface area contributed by atoms with Gasteiger partial charge in [0, 0.05) is 6.61 Å². The van der Waals surface area contributed by atoms with E-state index in [2.05, 4.69) is 45.0 Å². The molecule has 40 heavy (non-hydrogen) atoms. The first kappa shape index (κ1) is 31.4. The Hall–Kier alpha value is -3.11. The number of carbonyl (C=O) groups excluding carboxylic acids is 1. The standard InChI is InChI=1S/C36H48O4/c1-4-6-7-8-9-10-11-15-24-39-33-21-18-31(19-22-33)34-23-20-32(27-35(34)30-16-13-12-14-17-30)36(37)40-26-25-38-28-29(3)5-2/h12-14,16-23,27,29H,4-11,15,24-26,28H2,1-3H3/t29-/m0/s1. The summed E-state index contributed by atoms with van der Waals surface area (Å²) in [5.41, 5.74) is 4.73. The van der Waals surface area contributed by atoms with Crippen molar-refractivity contribution in [2.24, 2.45) is 5.92 Å². The van der Waals surface area contributed by atoms with E-state index in [1.165, 1.54) is 44.9 Å². The van der Waals surface area contributed by atoms with Crippen molar-refractivity contribution >= 4 is 5.97 Å². The van der Waals surface area contributed by atoms with Gasteiger partial charge in [-0.15, -0.1) is 0 Å². The number of hydrogen-bond acceptors (Lipinski definition) is 4. The zero-order valence-electron chi connectivity index (χ0n) is 24.8. The summed E-state index contributed by atoms with van der Waals surface area (Å²) < 4.78 is 17.1. The molecule has 0 heterocycles. The SMILES string of the molecule is CCCCCCCCCCOc1ccc(-c2ccc(C(=O)OCCOC[C@@H](C)CC)cc2-c2ccccc2)cc1. The maximum atomic E-state index is 12.8. The number of unbranched alkanes of at least 4 members (excludes halogenated alkanes) is 7. The normalized spacial score (nSPS) is 11.8. The van der Waals surface area contributed by atoms with Crippen molar-refractivity contribution in [1.29, 1.82) is 0 Å². The lowest BCUT2D eigenvalue weighted by Crippen LogP contribution is -2.13. The molecule has 0 radical (unpaired) electrons. The summed E-state index contributed by atoms with van der Waals surface area (Å²) in [5.74, 6) is 1.07. The van der Waals surface area contributed by atoms with Gasteiger partial charge < -0.3 is 14.2 Å². The van der Waals surface area contributed by atoms with Crippen LogP contribution in [0.4, 0.5) is 0 Å². The predicted molar refractivity (Wildman–Crippen MR) is 166 cm³/mol. The summed E-state index contributed by atoms with van der Waals surface area (Å²) in [6.07, 6.45) is 11.4. The van der Waals surface area contributed by atoms with Crippen molar-refractivity contribution in [2.45, 2.75) is 78.6 Å². The molecule has 0 bridgehead atoms. The highest BCUT2D eigenvalue weighted by Gasteiger charge is 2.14. The Labute approximate surface area is 242 Å². The van der Waals surface area contributed by atoms with Crippen LogP contribution in [0, 0.1) is 5.92 Å². The first-order valence-corrected chi connectivity index (χ1v) is 15.3. The summed E-state index contributed by atoms with van der Waals surface area (Å²) >= 11 is 0. The van der Waals surface area contributed by atoms with Gasteiger partial charge in [0.15, 0.2) is 0 Å². The smallest absolute Gasteiger partial charge is 0.338 e. The van der Waals surface area contributed by atoms with Gasteiger partial charge >= 0.3 is 5.97 Å². The monoisotopic (exact) mass is 544 g/mol. The molecule has 0 spiro atoms. The van der Waals surface area contributed by atoms with Crippen LogP contribution in [-0.4, -0.2) is 32.4 Å².